The maximum Gasteiger partial charge on any atom is 0.416 e. The van der Waals surface area contributed by atoms with Gasteiger partial charge in [0.05, 0.1) is 12.1 Å². The first-order chi connectivity index (χ1) is 9.79. The molecule has 1 aromatic rings. The fourth-order valence-electron chi connectivity index (χ4n) is 2.14. The van der Waals surface area contributed by atoms with Gasteiger partial charge in [-0.1, -0.05) is 6.07 Å². The molecule has 0 bridgehead atoms. The molecular weight excluding hydrogens is 289 g/mol. The number of amides is 1. The second-order valence-corrected chi connectivity index (χ2v) is 4.40. The van der Waals surface area contributed by atoms with Gasteiger partial charge in [-0.25, -0.2) is 14.5 Å². The summed E-state index contributed by atoms with van der Waals surface area (Å²) in [5.74, 6) is 0. The smallest absolute Gasteiger partial charge is 0.416 e. The third-order valence-corrected chi connectivity index (χ3v) is 3.07. The minimum absolute atomic E-state index is 0.0316. The van der Waals surface area contributed by atoms with Gasteiger partial charge in [0.1, 0.15) is 6.10 Å². The van der Waals surface area contributed by atoms with Crippen molar-refractivity contribution in [1.82, 2.24) is 0 Å². The molecule has 2 atom stereocenters. The highest BCUT2D eigenvalue weighted by Crippen LogP contribution is 2.40. The summed E-state index contributed by atoms with van der Waals surface area (Å²) in [6.45, 7) is 8.36. The Hall–Kier alpha value is -2.27. The van der Waals surface area contributed by atoms with E-state index in [0.29, 0.717) is 0 Å². The standard InChI is InChI=1S/C13H11F3N2O3/c1-7-11(20-3)18(12(19)21-7)8-4-5-10(17-2)9(6-8)13(14,15)16/h4-7,11H,1,3H3/t7-,11-/m0/s1. The first kappa shape index (κ1) is 15.1. The van der Waals surface area contributed by atoms with Crippen LogP contribution in [0.3, 0.4) is 0 Å². The summed E-state index contributed by atoms with van der Waals surface area (Å²) >= 11 is 0. The maximum atomic E-state index is 12.9. The Morgan fingerprint density at radius 1 is 1.43 bits per heavy atom. The summed E-state index contributed by atoms with van der Waals surface area (Å²) < 4.78 is 48.9. The Morgan fingerprint density at radius 2 is 2.10 bits per heavy atom. The van der Waals surface area contributed by atoms with E-state index in [4.69, 9.17) is 16.0 Å². The molecule has 1 amide bonds. The lowest BCUT2D eigenvalue weighted by Gasteiger charge is -2.23. The molecule has 0 radical (unpaired) electrons. The number of cyclic esters (lactones) is 1. The van der Waals surface area contributed by atoms with Crippen LogP contribution in [0.25, 0.3) is 4.85 Å². The number of rotatable bonds is 2. The second kappa shape index (κ2) is 5.26. The van der Waals surface area contributed by atoms with Crippen LogP contribution < -0.4 is 4.90 Å². The Bertz CT molecular complexity index is 610. The van der Waals surface area contributed by atoms with Crippen LogP contribution in [0, 0.1) is 6.57 Å². The number of nitrogens with zero attached hydrogens (tertiary/aromatic N) is 2. The number of hydrogen-bond donors (Lipinski definition) is 0. The highest BCUT2D eigenvalue weighted by Gasteiger charge is 2.42. The lowest BCUT2D eigenvalue weighted by Crippen LogP contribution is -2.37. The lowest BCUT2D eigenvalue weighted by molar-refractivity contribution is -0.136. The van der Waals surface area contributed by atoms with E-state index in [0.717, 1.165) is 17.0 Å². The zero-order valence-electron chi connectivity index (χ0n) is 11.1. The number of benzene rings is 1. The Morgan fingerprint density at radius 3 is 2.62 bits per heavy atom. The Balaban J connectivity index is 2.51. The predicted molar refractivity (Wildman–Crippen MR) is 66.9 cm³/mol. The van der Waals surface area contributed by atoms with Crippen LogP contribution in [0.5, 0.6) is 0 Å². The van der Waals surface area contributed by atoms with Crippen molar-refractivity contribution in [3.8, 4) is 0 Å². The lowest BCUT2D eigenvalue weighted by atomic mass is 10.1. The highest BCUT2D eigenvalue weighted by molar-refractivity contribution is 5.90. The van der Waals surface area contributed by atoms with Gasteiger partial charge in [-0.15, -0.1) is 0 Å². The van der Waals surface area contributed by atoms with Gasteiger partial charge in [-0.2, -0.15) is 13.2 Å². The minimum atomic E-state index is -4.69. The fraction of sp³-hybridized carbons (Fsp3) is 0.385. The minimum Gasteiger partial charge on any atom is -0.441 e. The summed E-state index contributed by atoms with van der Waals surface area (Å²) in [6, 6.07) is 3.03. The van der Waals surface area contributed by atoms with Crippen molar-refractivity contribution in [2.75, 3.05) is 12.0 Å². The van der Waals surface area contributed by atoms with E-state index < -0.39 is 35.9 Å². The van der Waals surface area contributed by atoms with Crippen LogP contribution in [-0.4, -0.2) is 25.5 Å². The SMILES string of the molecule is [C-]#[N+]c1ccc(N2C(=O)O[C@@H](C)[C@@H]2OC)cc1C(F)(F)F. The zero-order valence-corrected chi connectivity index (χ0v) is 11.1. The van der Waals surface area contributed by atoms with Crippen LogP contribution in [0.2, 0.25) is 0 Å². The van der Waals surface area contributed by atoms with Gasteiger partial charge in [-0.3, -0.25) is 0 Å². The second-order valence-electron chi connectivity index (χ2n) is 4.40. The first-order valence-corrected chi connectivity index (χ1v) is 5.91. The number of carbonyl (C=O) groups excluding carboxylic acids is 1. The number of alkyl halides is 3. The van der Waals surface area contributed by atoms with E-state index in [1.54, 1.807) is 6.92 Å². The molecule has 0 N–H and O–H groups in total. The van der Waals surface area contributed by atoms with Gasteiger partial charge in [0, 0.05) is 12.8 Å². The quantitative estimate of drug-likeness (QED) is 0.784. The van der Waals surface area contributed by atoms with Gasteiger partial charge in [-0.05, 0) is 19.1 Å². The molecule has 1 aliphatic heterocycles. The number of hydrogen-bond acceptors (Lipinski definition) is 3. The molecule has 0 unspecified atom stereocenters. The van der Waals surface area contributed by atoms with E-state index in [2.05, 4.69) is 4.85 Å². The molecule has 0 spiro atoms. The highest BCUT2D eigenvalue weighted by atomic mass is 19.4. The van der Waals surface area contributed by atoms with Crippen LogP contribution >= 0.6 is 0 Å². The van der Waals surface area contributed by atoms with E-state index in [-0.39, 0.29) is 5.69 Å². The van der Waals surface area contributed by atoms with Crippen molar-refractivity contribution >= 4 is 17.5 Å². The van der Waals surface area contributed by atoms with Crippen molar-refractivity contribution in [2.24, 2.45) is 0 Å². The molecule has 112 valence electrons. The van der Waals surface area contributed by atoms with E-state index in [9.17, 15) is 18.0 Å². The molecule has 1 aromatic carbocycles. The van der Waals surface area contributed by atoms with Gasteiger partial charge in [0.15, 0.2) is 11.9 Å². The number of carbonyl (C=O) groups is 1. The number of anilines is 1. The molecule has 0 aliphatic carbocycles. The van der Waals surface area contributed by atoms with Gasteiger partial charge >= 0.3 is 12.3 Å². The van der Waals surface area contributed by atoms with Crippen molar-refractivity contribution in [2.45, 2.75) is 25.4 Å². The summed E-state index contributed by atoms with van der Waals surface area (Å²) in [5, 5.41) is 0. The molecule has 21 heavy (non-hydrogen) atoms. The van der Waals surface area contributed by atoms with Crippen molar-refractivity contribution in [1.29, 1.82) is 0 Å². The van der Waals surface area contributed by atoms with E-state index in [1.807, 2.05) is 0 Å². The third-order valence-electron chi connectivity index (χ3n) is 3.07. The molecule has 5 nitrogen and oxygen atoms in total. The monoisotopic (exact) mass is 300 g/mol. The van der Waals surface area contributed by atoms with Crippen LogP contribution in [0.1, 0.15) is 12.5 Å². The van der Waals surface area contributed by atoms with E-state index in [1.165, 1.54) is 13.2 Å². The average Bonchev–Trinajstić information content (AvgIpc) is 2.71. The van der Waals surface area contributed by atoms with Crippen LogP contribution in [0.15, 0.2) is 18.2 Å². The maximum absolute atomic E-state index is 12.9. The largest absolute Gasteiger partial charge is 0.441 e. The first-order valence-electron chi connectivity index (χ1n) is 5.91. The van der Waals surface area contributed by atoms with Crippen LogP contribution in [0.4, 0.5) is 29.3 Å². The Labute approximate surface area is 118 Å². The van der Waals surface area contributed by atoms with Crippen molar-refractivity contribution in [3.05, 3.63) is 35.2 Å². The number of methoxy groups -OCH3 is 1. The summed E-state index contributed by atoms with van der Waals surface area (Å²) in [4.78, 5) is 15.6. The van der Waals surface area contributed by atoms with Gasteiger partial charge in [0.2, 0.25) is 0 Å². The van der Waals surface area contributed by atoms with Crippen molar-refractivity contribution < 1.29 is 27.4 Å². The molecule has 1 saturated heterocycles. The summed E-state index contributed by atoms with van der Waals surface area (Å²) in [6.07, 6.45) is -6.92. The van der Waals surface area contributed by atoms with Gasteiger partial charge in [0.25, 0.3) is 0 Å². The number of ether oxygens (including phenoxy) is 2. The van der Waals surface area contributed by atoms with Gasteiger partial charge < -0.3 is 9.47 Å². The van der Waals surface area contributed by atoms with E-state index >= 15 is 0 Å². The molecule has 1 heterocycles. The summed E-state index contributed by atoms with van der Waals surface area (Å²) in [5.41, 5.74) is -1.66. The van der Waals surface area contributed by atoms with Crippen molar-refractivity contribution in [3.63, 3.8) is 0 Å². The normalized spacial score (nSPS) is 22.1. The molecule has 1 fully saturated rings. The predicted octanol–water partition coefficient (Wildman–Crippen LogP) is 3.57. The molecule has 0 saturated carbocycles. The summed E-state index contributed by atoms with van der Waals surface area (Å²) in [7, 11) is 1.33. The number of halogens is 3. The fourth-order valence-corrected chi connectivity index (χ4v) is 2.14. The third kappa shape index (κ3) is 2.64. The Kier molecular flexibility index (Phi) is 3.78. The average molecular weight is 300 g/mol. The topological polar surface area (TPSA) is 43.1 Å². The zero-order chi connectivity index (χ0) is 15.8. The molecule has 1 aliphatic rings. The molecule has 0 aromatic heterocycles. The molecule has 2 rings (SSSR count). The van der Waals surface area contributed by atoms with Crippen LogP contribution in [-0.2, 0) is 15.7 Å². The molecule has 8 heteroatoms. The molecular formula is C13H11F3N2O3.